The Morgan fingerprint density at radius 3 is 2.87 bits per heavy atom. The van der Waals surface area contributed by atoms with Gasteiger partial charge in [0.25, 0.3) is 0 Å². The molecule has 0 saturated carbocycles. The summed E-state index contributed by atoms with van der Waals surface area (Å²) in [6.45, 7) is 2.50. The van der Waals surface area contributed by atoms with E-state index < -0.39 is 0 Å². The minimum Gasteiger partial charge on any atom is -0.355 e. The molecule has 3 aromatic rings. The van der Waals surface area contributed by atoms with Gasteiger partial charge in [-0.25, -0.2) is 9.97 Å². The zero-order chi connectivity index (χ0) is 16.1. The lowest BCUT2D eigenvalue weighted by Gasteiger charge is -2.07. The molecule has 0 atom stereocenters. The van der Waals surface area contributed by atoms with Crippen LogP contribution in [0.2, 0.25) is 0 Å². The van der Waals surface area contributed by atoms with Crippen LogP contribution in [0.15, 0.2) is 53.8 Å². The van der Waals surface area contributed by atoms with Crippen LogP contribution < -0.4 is 5.32 Å². The van der Waals surface area contributed by atoms with Crippen molar-refractivity contribution in [2.24, 2.45) is 4.99 Å². The van der Waals surface area contributed by atoms with Gasteiger partial charge in [0.05, 0.1) is 5.69 Å². The maximum atomic E-state index is 10.5. The van der Waals surface area contributed by atoms with Crippen LogP contribution in [-0.4, -0.2) is 22.6 Å². The zero-order valence-electron chi connectivity index (χ0n) is 12.7. The van der Waals surface area contributed by atoms with Gasteiger partial charge in [-0.05, 0) is 42.3 Å². The van der Waals surface area contributed by atoms with Gasteiger partial charge in [-0.3, -0.25) is 9.79 Å². The standard InChI is InChI=1S/C18H16N4O/c1-13-14(10-19-12-23)4-2-6-17(13)22-11-15-7-9-21-18-16(15)5-3-8-20-18/h2-9,11-12H,10H2,1H3,(H,19,23). The van der Waals surface area contributed by atoms with E-state index in [0.717, 1.165) is 27.8 Å². The van der Waals surface area contributed by atoms with Crippen molar-refractivity contribution < 1.29 is 4.79 Å². The quantitative estimate of drug-likeness (QED) is 0.582. The highest BCUT2D eigenvalue weighted by Gasteiger charge is 2.03. The Hall–Kier alpha value is -3.08. The van der Waals surface area contributed by atoms with E-state index in [-0.39, 0.29) is 0 Å². The van der Waals surface area contributed by atoms with E-state index in [1.807, 2.05) is 49.5 Å². The lowest BCUT2D eigenvalue weighted by molar-refractivity contribution is -0.109. The van der Waals surface area contributed by atoms with Crippen molar-refractivity contribution in [1.29, 1.82) is 0 Å². The molecule has 23 heavy (non-hydrogen) atoms. The normalized spacial score (nSPS) is 11.0. The van der Waals surface area contributed by atoms with Crippen molar-refractivity contribution in [1.82, 2.24) is 15.3 Å². The van der Waals surface area contributed by atoms with Gasteiger partial charge in [0.1, 0.15) is 0 Å². The number of fused-ring (bicyclic) bond motifs is 1. The van der Waals surface area contributed by atoms with E-state index in [4.69, 9.17) is 0 Å². The molecule has 114 valence electrons. The average Bonchev–Trinajstić information content (AvgIpc) is 2.60. The molecule has 0 fully saturated rings. The van der Waals surface area contributed by atoms with Gasteiger partial charge in [0, 0.05) is 36.1 Å². The molecule has 0 bridgehead atoms. The number of hydrogen-bond donors (Lipinski definition) is 1. The van der Waals surface area contributed by atoms with E-state index in [2.05, 4.69) is 20.3 Å². The van der Waals surface area contributed by atoms with Crippen LogP contribution in [0.25, 0.3) is 11.0 Å². The molecule has 0 aliphatic rings. The zero-order valence-corrected chi connectivity index (χ0v) is 12.7. The molecule has 5 nitrogen and oxygen atoms in total. The summed E-state index contributed by atoms with van der Waals surface area (Å²) in [4.78, 5) is 23.6. The summed E-state index contributed by atoms with van der Waals surface area (Å²) in [6.07, 6.45) is 5.98. The number of aliphatic imine (C=N–C) groups is 1. The molecule has 5 heteroatoms. The van der Waals surface area contributed by atoms with Crippen molar-refractivity contribution in [3.63, 3.8) is 0 Å². The van der Waals surface area contributed by atoms with Gasteiger partial charge in [0.2, 0.25) is 6.41 Å². The van der Waals surface area contributed by atoms with E-state index >= 15 is 0 Å². The Morgan fingerprint density at radius 2 is 2.00 bits per heavy atom. The van der Waals surface area contributed by atoms with E-state index in [1.165, 1.54) is 0 Å². The average molecular weight is 304 g/mol. The van der Waals surface area contributed by atoms with Gasteiger partial charge >= 0.3 is 0 Å². The van der Waals surface area contributed by atoms with Crippen molar-refractivity contribution in [2.75, 3.05) is 0 Å². The summed E-state index contributed by atoms with van der Waals surface area (Å²) in [5.74, 6) is 0. The number of carbonyl (C=O) groups excluding carboxylic acids is 1. The third-order valence-corrected chi connectivity index (χ3v) is 3.68. The van der Waals surface area contributed by atoms with Gasteiger partial charge in [-0.15, -0.1) is 0 Å². The Kier molecular flexibility index (Phi) is 4.38. The van der Waals surface area contributed by atoms with Gasteiger partial charge < -0.3 is 5.32 Å². The first-order chi connectivity index (χ1) is 11.3. The van der Waals surface area contributed by atoms with Crippen molar-refractivity contribution >= 4 is 29.3 Å². The minimum absolute atomic E-state index is 0.501. The number of nitrogens with zero attached hydrogens (tertiary/aromatic N) is 3. The highest BCUT2D eigenvalue weighted by atomic mass is 16.1. The smallest absolute Gasteiger partial charge is 0.207 e. The summed E-state index contributed by atoms with van der Waals surface area (Å²) in [7, 11) is 0. The fourth-order valence-corrected chi connectivity index (χ4v) is 2.41. The number of carbonyl (C=O) groups is 1. The largest absolute Gasteiger partial charge is 0.355 e. The Labute approximate surface area is 134 Å². The molecule has 3 rings (SSSR count). The molecule has 1 amide bonds. The number of aromatic nitrogens is 2. The van der Waals surface area contributed by atoms with Crippen molar-refractivity contribution in [3.8, 4) is 0 Å². The predicted octanol–water partition coefficient (Wildman–Crippen LogP) is 2.93. The van der Waals surface area contributed by atoms with Crippen LogP contribution in [0.1, 0.15) is 16.7 Å². The lowest BCUT2D eigenvalue weighted by Crippen LogP contribution is -2.10. The lowest BCUT2D eigenvalue weighted by atomic mass is 10.1. The fraction of sp³-hybridized carbons (Fsp3) is 0.111. The minimum atomic E-state index is 0.501. The molecule has 1 N–H and O–H groups in total. The first kappa shape index (κ1) is 14.8. The summed E-state index contributed by atoms with van der Waals surface area (Å²) in [5, 5.41) is 3.65. The van der Waals surface area contributed by atoms with Crippen molar-refractivity contribution in [3.05, 3.63) is 65.5 Å². The second-order valence-corrected chi connectivity index (χ2v) is 5.09. The highest BCUT2D eigenvalue weighted by Crippen LogP contribution is 2.22. The third kappa shape index (κ3) is 3.23. The molecular formula is C18H16N4O. The Bertz CT molecular complexity index is 869. The summed E-state index contributed by atoms with van der Waals surface area (Å²) >= 11 is 0. The van der Waals surface area contributed by atoms with E-state index in [0.29, 0.717) is 18.6 Å². The molecule has 0 aliphatic heterocycles. The second kappa shape index (κ2) is 6.79. The highest BCUT2D eigenvalue weighted by molar-refractivity contribution is 5.97. The van der Waals surface area contributed by atoms with Crippen LogP contribution in [0.4, 0.5) is 5.69 Å². The first-order valence-electron chi connectivity index (χ1n) is 7.29. The molecule has 0 spiro atoms. The molecule has 0 aliphatic carbocycles. The number of rotatable bonds is 5. The van der Waals surface area contributed by atoms with E-state index in [1.54, 1.807) is 12.4 Å². The van der Waals surface area contributed by atoms with Crippen molar-refractivity contribution in [2.45, 2.75) is 13.5 Å². The number of benzene rings is 1. The van der Waals surface area contributed by atoms with Gasteiger partial charge in [-0.1, -0.05) is 12.1 Å². The topological polar surface area (TPSA) is 67.2 Å². The number of nitrogens with one attached hydrogen (secondary N) is 1. The van der Waals surface area contributed by atoms with Gasteiger partial charge in [0.15, 0.2) is 5.65 Å². The first-order valence-corrected chi connectivity index (χ1v) is 7.29. The SMILES string of the molecule is Cc1c(CNC=O)cccc1N=Cc1ccnc2ncccc12. The fourth-order valence-electron chi connectivity index (χ4n) is 2.41. The van der Waals surface area contributed by atoms with Gasteiger partial charge in [-0.2, -0.15) is 0 Å². The maximum absolute atomic E-state index is 10.5. The molecule has 1 aromatic carbocycles. The predicted molar refractivity (Wildman–Crippen MR) is 90.9 cm³/mol. The van der Waals surface area contributed by atoms with Crippen LogP contribution in [-0.2, 0) is 11.3 Å². The summed E-state index contributed by atoms with van der Waals surface area (Å²) in [5.41, 5.74) is 4.66. The Balaban J connectivity index is 1.94. The van der Waals surface area contributed by atoms with Crippen LogP contribution in [0.3, 0.4) is 0 Å². The van der Waals surface area contributed by atoms with Crippen LogP contribution >= 0.6 is 0 Å². The summed E-state index contributed by atoms with van der Waals surface area (Å²) < 4.78 is 0. The van der Waals surface area contributed by atoms with Crippen LogP contribution in [0, 0.1) is 6.92 Å². The summed E-state index contributed by atoms with van der Waals surface area (Å²) in [6, 6.07) is 11.7. The number of pyridine rings is 2. The maximum Gasteiger partial charge on any atom is 0.207 e. The van der Waals surface area contributed by atoms with Crippen LogP contribution in [0.5, 0.6) is 0 Å². The monoisotopic (exact) mass is 304 g/mol. The molecule has 2 heterocycles. The molecule has 0 unspecified atom stereocenters. The molecular weight excluding hydrogens is 288 g/mol. The molecule has 0 radical (unpaired) electrons. The second-order valence-electron chi connectivity index (χ2n) is 5.09. The molecule has 0 saturated heterocycles. The number of amides is 1. The molecule has 2 aromatic heterocycles. The number of hydrogen-bond acceptors (Lipinski definition) is 4. The third-order valence-electron chi connectivity index (χ3n) is 3.68. The Morgan fingerprint density at radius 1 is 1.13 bits per heavy atom. The van der Waals surface area contributed by atoms with E-state index in [9.17, 15) is 4.79 Å².